The van der Waals surface area contributed by atoms with Crippen LogP contribution in [0.3, 0.4) is 0 Å². The summed E-state index contributed by atoms with van der Waals surface area (Å²) in [5, 5.41) is 5.59. The van der Waals surface area contributed by atoms with Crippen LogP contribution in [-0.2, 0) is 6.42 Å². The van der Waals surface area contributed by atoms with Gasteiger partial charge in [-0.2, -0.15) is 4.57 Å². The van der Waals surface area contributed by atoms with Gasteiger partial charge in [0.05, 0.1) is 5.92 Å². The summed E-state index contributed by atoms with van der Waals surface area (Å²) in [5.41, 5.74) is 11.4. The molecule has 5 aromatic rings. The molecule has 40 heavy (non-hydrogen) atoms. The molecule has 4 heteroatoms. The summed E-state index contributed by atoms with van der Waals surface area (Å²) >= 11 is 0. The SMILES string of the molecule is C=CC1C(CCc2ccc3c(oc4nc(C)ccc43)c2/C(=C/C)NC)c2cc(C(C)C)ccc2-c2cccc[n+]21. The van der Waals surface area contributed by atoms with E-state index >= 15 is 0 Å². The summed E-state index contributed by atoms with van der Waals surface area (Å²) in [6.45, 7) is 12.9. The van der Waals surface area contributed by atoms with Gasteiger partial charge in [0.1, 0.15) is 5.58 Å². The third-order valence-corrected chi connectivity index (χ3v) is 8.57. The first kappa shape index (κ1) is 26.1. The van der Waals surface area contributed by atoms with Gasteiger partial charge in [-0.15, -0.1) is 0 Å². The van der Waals surface area contributed by atoms with Gasteiger partial charge in [0, 0.05) is 52.5 Å². The minimum absolute atomic E-state index is 0.183. The second-order valence-corrected chi connectivity index (χ2v) is 11.2. The summed E-state index contributed by atoms with van der Waals surface area (Å²) in [4.78, 5) is 4.68. The largest absolute Gasteiger partial charge is 0.437 e. The van der Waals surface area contributed by atoms with Crippen LogP contribution in [0.15, 0.2) is 90.0 Å². The predicted octanol–water partition coefficient (Wildman–Crippen LogP) is 8.40. The Morgan fingerprint density at radius 3 is 2.67 bits per heavy atom. The fraction of sp³-hybridized carbons (Fsp3) is 0.278. The molecular weight excluding hydrogens is 490 g/mol. The Bertz CT molecular complexity index is 1770. The monoisotopic (exact) mass is 528 g/mol. The number of fused-ring (bicyclic) bond motifs is 6. The van der Waals surface area contributed by atoms with Crippen molar-refractivity contribution in [2.45, 2.75) is 58.4 Å². The zero-order valence-corrected chi connectivity index (χ0v) is 24.2. The molecule has 0 saturated carbocycles. The van der Waals surface area contributed by atoms with Crippen LogP contribution in [0.25, 0.3) is 39.0 Å². The van der Waals surface area contributed by atoms with Crippen LogP contribution >= 0.6 is 0 Å². The first-order chi connectivity index (χ1) is 19.4. The van der Waals surface area contributed by atoms with Crippen molar-refractivity contribution in [3.8, 4) is 11.3 Å². The van der Waals surface area contributed by atoms with Gasteiger partial charge in [0.2, 0.25) is 11.4 Å². The Hall–Kier alpha value is -4.18. The third-order valence-electron chi connectivity index (χ3n) is 8.57. The zero-order chi connectivity index (χ0) is 28.0. The molecule has 0 saturated heterocycles. The molecule has 1 aliphatic heterocycles. The molecule has 4 heterocycles. The lowest BCUT2D eigenvalue weighted by atomic mass is 9.78. The van der Waals surface area contributed by atoms with E-state index in [0.717, 1.165) is 46.2 Å². The molecule has 1 N–H and O–H groups in total. The molecular formula is C36H38N3O+. The highest BCUT2D eigenvalue weighted by Gasteiger charge is 2.38. The van der Waals surface area contributed by atoms with Gasteiger partial charge < -0.3 is 9.73 Å². The average molecular weight is 529 g/mol. The summed E-state index contributed by atoms with van der Waals surface area (Å²) in [7, 11) is 1.98. The van der Waals surface area contributed by atoms with E-state index in [1.165, 1.54) is 27.9 Å². The average Bonchev–Trinajstić information content (AvgIpc) is 3.34. The van der Waals surface area contributed by atoms with Crippen molar-refractivity contribution < 1.29 is 8.98 Å². The molecule has 3 aromatic heterocycles. The number of aryl methyl sites for hydroxylation is 2. The number of nitrogens with one attached hydrogen (secondary N) is 1. The summed E-state index contributed by atoms with van der Waals surface area (Å²) in [6, 6.07) is 22.4. The number of aromatic nitrogens is 2. The summed E-state index contributed by atoms with van der Waals surface area (Å²) in [5.74, 6) is 0.781. The van der Waals surface area contributed by atoms with E-state index in [1.54, 1.807) is 0 Å². The van der Waals surface area contributed by atoms with Crippen molar-refractivity contribution in [3.05, 3.63) is 114 Å². The van der Waals surface area contributed by atoms with E-state index in [-0.39, 0.29) is 6.04 Å². The van der Waals surface area contributed by atoms with Gasteiger partial charge in [-0.05, 0) is 79.6 Å². The van der Waals surface area contributed by atoms with Gasteiger partial charge >= 0.3 is 0 Å². The highest BCUT2D eigenvalue weighted by Crippen LogP contribution is 2.43. The molecule has 2 aromatic carbocycles. The summed E-state index contributed by atoms with van der Waals surface area (Å²) in [6.07, 6.45) is 8.36. The topological polar surface area (TPSA) is 41.9 Å². The number of rotatable bonds is 7. The van der Waals surface area contributed by atoms with E-state index in [4.69, 9.17) is 4.42 Å². The van der Waals surface area contributed by atoms with Crippen molar-refractivity contribution in [2.24, 2.45) is 0 Å². The first-order valence-corrected chi connectivity index (χ1v) is 14.4. The Balaban J connectivity index is 1.47. The van der Waals surface area contributed by atoms with Crippen molar-refractivity contribution in [3.63, 3.8) is 0 Å². The maximum absolute atomic E-state index is 6.46. The fourth-order valence-electron chi connectivity index (χ4n) is 6.49. The lowest BCUT2D eigenvalue weighted by Gasteiger charge is -2.30. The van der Waals surface area contributed by atoms with Gasteiger partial charge in [-0.3, -0.25) is 0 Å². The normalized spacial score (nSPS) is 16.8. The van der Waals surface area contributed by atoms with E-state index in [0.29, 0.717) is 17.5 Å². The highest BCUT2D eigenvalue weighted by molar-refractivity contribution is 6.07. The minimum Gasteiger partial charge on any atom is -0.437 e. The van der Waals surface area contributed by atoms with Crippen LogP contribution in [-0.4, -0.2) is 12.0 Å². The number of furan rings is 1. The van der Waals surface area contributed by atoms with Crippen molar-refractivity contribution >= 4 is 27.8 Å². The second-order valence-electron chi connectivity index (χ2n) is 11.2. The quantitative estimate of drug-likeness (QED) is 0.170. The van der Waals surface area contributed by atoms with Crippen LogP contribution < -0.4 is 9.88 Å². The molecule has 0 aliphatic carbocycles. The van der Waals surface area contributed by atoms with Crippen LogP contribution in [0.5, 0.6) is 0 Å². The third kappa shape index (κ3) is 4.23. The number of benzene rings is 2. The number of pyridine rings is 2. The first-order valence-electron chi connectivity index (χ1n) is 14.4. The Labute approximate surface area is 237 Å². The van der Waals surface area contributed by atoms with Crippen LogP contribution in [0, 0.1) is 6.92 Å². The molecule has 202 valence electrons. The maximum Gasteiger partial charge on any atom is 0.227 e. The smallest absolute Gasteiger partial charge is 0.227 e. The molecule has 4 nitrogen and oxygen atoms in total. The van der Waals surface area contributed by atoms with Crippen LogP contribution in [0.2, 0.25) is 0 Å². The molecule has 0 radical (unpaired) electrons. The molecule has 0 fully saturated rings. The van der Waals surface area contributed by atoms with E-state index in [9.17, 15) is 0 Å². The van der Waals surface area contributed by atoms with E-state index < -0.39 is 0 Å². The Morgan fingerprint density at radius 1 is 1.10 bits per heavy atom. The van der Waals surface area contributed by atoms with E-state index in [2.05, 4.69) is 121 Å². The Kier molecular flexibility index (Phi) is 6.79. The zero-order valence-electron chi connectivity index (χ0n) is 24.2. The fourth-order valence-corrected chi connectivity index (χ4v) is 6.49. The second kappa shape index (κ2) is 10.4. The maximum atomic E-state index is 6.46. The van der Waals surface area contributed by atoms with Crippen molar-refractivity contribution in [1.82, 2.24) is 10.3 Å². The van der Waals surface area contributed by atoms with Crippen LogP contribution in [0.1, 0.15) is 73.0 Å². The number of hydrogen-bond donors (Lipinski definition) is 1. The molecule has 0 bridgehead atoms. The number of hydrogen-bond acceptors (Lipinski definition) is 3. The van der Waals surface area contributed by atoms with Gasteiger partial charge in [0.25, 0.3) is 0 Å². The summed E-state index contributed by atoms with van der Waals surface area (Å²) < 4.78 is 8.86. The van der Waals surface area contributed by atoms with Gasteiger partial charge in [-0.25, -0.2) is 4.98 Å². The van der Waals surface area contributed by atoms with Crippen molar-refractivity contribution in [2.75, 3.05) is 7.05 Å². The lowest BCUT2D eigenvalue weighted by molar-refractivity contribution is -0.707. The molecule has 0 spiro atoms. The lowest BCUT2D eigenvalue weighted by Crippen LogP contribution is -2.46. The molecule has 2 atom stereocenters. The molecule has 1 aliphatic rings. The number of nitrogens with zero attached hydrogens (tertiary/aromatic N) is 2. The highest BCUT2D eigenvalue weighted by atomic mass is 16.3. The van der Waals surface area contributed by atoms with Gasteiger partial charge in [0.15, 0.2) is 12.2 Å². The van der Waals surface area contributed by atoms with Gasteiger partial charge in [-0.1, -0.05) is 50.8 Å². The number of allylic oxidation sites excluding steroid dienone is 2. The molecule has 0 amide bonds. The Morgan fingerprint density at radius 2 is 1.93 bits per heavy atom. The van der Waals surface area contributed by atoms with Crippen molar-refractivity contribution in [1.29, 1.82) is 0 Å². The van der Waals surface area contributed by atoms with E-state index in [1.807, 2.05) is 14.0 Å². The minimum atomic E-state index is 0.183. The van der Waals surface area contributed by atoms with Crippen LogP contribution in [0.4, 0.5) is 0 Å². The molecule has 6 rings (SSSR count). The standard InChI is InChI=1S/C36H38N3O/c1-7-31(37-6)34-24(14-19-28-29-16-12-23(5)38-36(29)40-35(28)34)13-17-26-30-21-25(22(3)4)15-18-27(30)33-11-9-10-20-39(33)32(26)8-2/h7-12,14-16,18-22,26,32,37H,2,13,17H2,1,3-6H3/q+1/b31-7-. The predicted molar refractivity (Wildman–Crippen MR) is 165 cm³/mol. The molecule has 2 unspecified atom stereocenters.